The van der Waals surface area contributed by atoms with Gasteiger partial charge in [-0.1, -0.05) is 49.5 Å². The van der Waals surface area contributed by atoms with E-state index in [0.717, 1.165) is 17.0 Å². The average molecular weight is 343 g/mol. The summed E-state index contributed by atoms with van der Waals surface area (Å²) < 4.78 is 0. The summed E-state index contributed by atoms with van der Waals surface area (Å²) in [5.74, 6) is 0. The second-order valence-electron chi connectivity index (χ2n) is 4.02. The molecule has 0 atom stereocenters. The van der Waals surface area contributed by atoms with Crippen molar-refractivity contribution in [3.8, 4) is 0 Å². The minimum absolute atomic E-state index is 0. The maximum absolute atomic E-state index is 3.25. The number of rotatable bonds is 3. The Morgan fingerprint density at radius 2 is 0.933 bits per heavy atom. The topological polar surface area (TPSA) is 0 Å². The molecule has 0 amide bonds. The Morgan fingerprint density at radius 1 is 0.800 bits per heavy atom. The largest absolute Gasteiger partial charge is 2.00 e. The molecule has 3 heteroatoms. The minimum atomic E-state index is 0. The van der Waals surface area contributed by atoms with Crippen molar-refractivity contribution >= 4 is 7.92 Å². The van der Waals surface area contributed by atoms with Crippen LogP contribution >= 0.6 is 7.92 Å². The number of hydrogen-bond acceptors (Lipinski definition) is 0. The zero-order chi connectivity index (χ0) is 11.0. The zero-order valence-electron chi connectivity index (χ0n) is 10.9. The van der Waals surface area contributed by atoms with Gasteiger partial charge in [-0.2, -0.15) is 0 Å². The smallest absolute Gasteiger partial charge is 1.00 e. The summed E-state index contributed by atoms with van der Waals surface area (Å²) in [6.07, 6.45) is 1.50. The third-order valence-electron chi connectivity index (χ3n) is 1.79. The molecule has 0 aromatic rings. The Balaban J connectivity index is -0.000000108. The van der Waals surface area contributed by atoms with Crippen LogP contribution < -0.4 is 12.4 Å². The third kappa shape index (κ3) is 15.4. The fourth-order valence-electron chi connectivity index (χ4n) is 1.79. The van der Waals surface area contributed by atoms with Gasteiger partial charge < -0.3 is 12.4 Å². The van der Waals surface area contributed by atoms with E-state index in [0.29, 0.717) is 0 Å². The SMILES string of the molecule is CC(C)P(C(C)C)C(C)C.[CH2][CH][CH2].[Cl-].[Pd+2]. The molecule has 0 aliphatic rings. The summed E-state index contributed by atoms with van der Waals surface area (Å²) >= 11 is 0. The van der Waals surface area contributed by atoms with E-state index in [-0.39, 0.29) is 40.8 Å². The van der Waals surface area contributed by atoms with Crippen LogP contribution in [0.5, 0.6) is 0 Å². The van der Waals surface area contributed by atoms with E-state index in [2.05, 4.69) is 55.4 Å². The molecule has 0 spiro atoms. The quantitative estimate of drug-likeness (QED) is 0.539. The van der Waals surface area contributed by atoms with Gasteiger partial charge in [-0.3, -0.25) is 0 Å². The summed E-state index contributed by atoms with van der Waals surface area (Å²) in [5.41, 5.74) is 2.69. The maximum Gasteiger partial charge on any atom is 2.00 e. The van der Waals surface area contributed by atoms with Crippen molar-refractivity contribution in [3.05, 3.63) is 20.3 Å². The van der Waals surface area contributed by atoms with Gasteiger partial charge in [-0.05, 0) is 37.2 Å². The van der Waals surface area contributed by atoms with Crippen molar-refractivity contribution in [1.29, 1.82) is 0 Å². The Labute approximate surface area is 119 Å². The van der Waals surface area contributed by atoms with E-state index in [4.69, 9.17) is 0 Å². The van der Waals surface area contributed by atoms with E-state index < -0.39 is 0 Å². The first-order chi connectivity index (χ1) is 5.88. The molecule has 0 bridgehead atoms. The summed E-state index contributed by atoms with van der Waals surface area (Å²) in [6.45, 7) is 20.6. The molecular formula is C12H26ClPPd+. The molecule has 0 nitrogen and oxygen atoms in total. The molecule has 0 rings (SSSR count). The maximum atomic E-state index is 3.25. The molecular weight excluding hydrogens is 317 g/mol. The predicted octanol–water partition coefficient (Wildman–Crippen LogP) is 1.55. The van der Waals surface area contributed by atoms with Gasteiger partial charge in [0, 0.05) is 0 Å². The Bertz CT molecular complexity index is 86.8. The Hall–Kier alpha value is 1.38. The fourth-order valence-corrected chi connectivity index (χ4v) is 5.37. The van der Waals surface area contributed by atoms with Crippen LogP contribution in [0.15, 0.2) is 0 Å². The molecule has 0 aliphatic carbocycles. The summed E-state index contributed by atoms with van der Waals surface area (Å²) in [6, 6.07) is 0. The second-order valence-corrected chi connectivity index (χ2v) is 8.01. The molecule has 0 saturated heterocycles. The molecule has 95 valence electrons. The average Bonchev–Trinajstić information content (AvgIpc) is 1.84. The minimum Gasteiger partial charge on any atom is -1.00 e. The van der Waals surface area contributed by atoms with Crippen LogP contribution in [0.2, 0.25) is 0 Å². The molecule has 0 unspecified atom stereocenters. The van der Waals surface area contributed by atoms with Gasteiger partial charge in [-0.15, -0.1) is 0 Å². The third-order valence-corrected chi connectivity index (χ3v) is 5.37. The van der Waals surface area contributed by atoms with E-state index in [9.17, 15) is 0 Å². The summed E-state index contributed by atoms with van der Waals surface area (Å²) in [4.78, 5) is 0. The van der Waals surface area contributed by atoms with Crippen LogP contribution in [0.1, 0.15) is 41.5 Å². The molecule has 0 aromatic heterocycles. The molecule has 0 aromatic carbocycles. The summed E-state index contributed by atoms with van der Waals surface area (Å²) in [5, 5.41) is 0. The Morgan fingerprint density at radius 3 is 0.933 bits per heavy atom. The van der Waals surface area contributed by atoms with Crippen molar-refractivity contribution in [2.24, 2.45) is 0 Å². The van der Waals surface area contributed by atoms with Crippen LogP contribution in [-0.4, -0.2) is 17.0 Å². The van der Waals surface area contributed by atoms with E-state index in [1.165, 1.54) is 6.42 Å². The van der Waals surface area contributed by atoms with Crippen molar-refractivity contribution in [1.82, 2.24) is 0 Å². The molecule has 3 radical (unpaired) electrons. The first kappa shape index (κ1) is 25.3. The van der Waals surface area contributed by atoms with Crippen molar-refractivity contribution in [2.45, 2.75) is 58.5 Å². The number of hydrogen-bond donors (Lipinski definition) is 0. The Kier molecular flexibility index (Phi) is 25.9. The standard InChI is InChI=1S/C9H21P.C3H5.ClH.Pd/c1-7(2)10(8(3)4)9(5)6;1-3-2;;/h7-9H,1-6H3;3H,1-2H2;1H;/q;;;+2/p-1. The monoisotopic (exact) mass is 342 g/mol. The van der Waals surface area contributed by atoms with Gasteiger partial charge in [-0.25, -0.2) is 0 Å². The van der Waals surface area contributed by atoms with Crippen molar-refractivity contribution in [3.63, 3.8) is 0 Å². The second kappa shape index (κ2) is 15.4. The van der Waals surface area contributed by atoms with Gasteiger partial charge in [0.2, 0.25) is 0 Å². The van der Waals surface area contributed by atoms with Crippen LogP contribution in [0.4, 0.5) is 0 Å². The van der Waals surface area contributed by atoms with Crippen molar-refractivity contribution < 1.29 is 32.8 Å². The van der Waals surface area contributed by atoms with E-state index >= 15 is 0 Å². The van der Waals surface area contributed by atoms with E-state index in [1.807, 2.05) is 0 Å². The van der Waals surface area contributed by atoms with Gasteiger partial charge in [0.1, 0.15) is 0 Å². The predicted molar refractivity (Wildman–Crippen MR) is 67.3 cm³/mol. The fraction of sp³-hybridized carbons (Fsp3) is 0.750. The van der Waals surface area contributed by atoms with Crippen LogP contribution in [-0.2, 0) is 20.4 Å². The normalized spacial score (nSPS) is 9.60. The van der Waals surface area contributed by atoms with Gasteiger partial charge in [0.25, 0.3) is 0 Å². The first-order valence-corrected chi connectivity index (χ1v) is 6.60. The van der Waals surface area contributed by atoms with Gasteiger partial charge >= 0.3 is 20.4 Å². The van der Waals surface area contributed by atoms with Crippen LogP contribution in [0.3, 0.4) is 0 Å². The van der Waals surface area contributed by atoms with Crippen LogP contribution in [0.25, 0.3) is 0 Å². The summed E-state index contributed by atoms with van der Waals surface area (Å²) in [7, 11) is 0.262. The van der Waals surface area contributed by atoms with E-state index in [1.54, 1.807) is 0 Å². The molecule has 0 fully saturated rings. The molecule has 0 heterocycles. The molecule has 0 N–H and O–H groups in total. The molecule has 0 saturated carbocycles. The molecule has 0 aliphatic heterocycles. The van der Waals surface area contributed by atoms with Crippen molar-refractivity contribution in [2.75, 3.05) is 0 Å². The first-order valence-electron chi connectivity index (χ1n) is 5.06. The molecule has 15 heavy (non-hydrogen) atoms. The zero-order valence-corrected chi connectivity index (χ0v) is 14.1. The van der Waals surface area contributed by atoms with Gasteiger partial charge in [0.05, 0.1) is 0 Å². The van der Waals surface area contributed by atoms with Gasteiger partial charge in [0.15, 0.2) is 0 Å². The van der Waals surface area contributed by atoms with Crippen LogP contribution in [0, 0.1) is 20.3 Å². The number of halogens is 1.